The van der Waals surface area contributed by atoms with Gasteiger partial charge in [0.15, 0.2) is 11.5 Å². The Morgan fingerprint density at radius 3 is 2.19 bits per heavy atom. The highest BCUT2D eigenvalue weighted by Crippen LogP contribution is 2.28. The van der Waals surface area contributed by atoms with Crippen molar-refractivity contribution in [2.45, 2.75) is 58.3 Å². The minimum absolute atomic E-state index is 0.0534. The molecule has 1 N–H and O–H groups in total. The molecule has 2 aromatic carbocycles. The first-order valence-electron chi connectivity index (χ1n) is 10.9. The summed E-state index contributed by atoms with van der Waals surface area (Å²) in [5.41, 5.74) is 5.65. The number of anilines is 1. The molecule has 0 aliphatic carbocycles. The number of nitro groups is 1. The van der Waals surface area contributed by atoms with Crippen molar-refractivity contribution in [3.63, 3.8) is 0 Å². The fraction of sp³-hybridized carbons (Fsp3) is 0.458. The van der Waals surface area contributed by atoms with Crippen LogP contribution in [0.4, 0.5) is 11.4 Å². The van der Waals surface area contributed by atoms with Gasteiger partial charge in [-0.3, -0.25) is 15.5 Å². The van der Waals surface area contributed by atoms with Crippen molar-refractivity contribution < 1.29 is 14.4 Å². The zero-order valence-electron chi connectivity index (χ0n) is 18.7. The fourth-order valence-corrected chi connectivity index (χ4v) is 3.32. The number of hydrogen-bond donors (Lipinski definition) is 1. The van der Waals surface area contributed by atoms with Crippen LogP contribution in [-0.2, 0) is 0 Å². The number of hydrogen-bond acceptors (Lipinski definition) is 6. The van der Waals surface area contributed by atoms with Crippen molar-refractivity contribution >= 4 is 17.1 Å². The normalized spacial score (nSPS) is 11.3. The van der Waals surface area contributed by atoms with Crippen LogP contribution in [-0.4, -0.2) is 24.9 Å². The van der Waals surface area contributed by atoms with Gasteiger partial charge in [0, 0.05) is 17.7 Å². The van der Waals surface area contributed by atoms with E-state index in [9.17, 15) is 10.1 Å². The van der Waals surface area contributed by atoms with Crippen LogP contribution in [0.25, 0.3) is 0 Å². The minimum atomic E-state index is -0.414. The van der Waals surface area contributed by atoms with Crippen LogP contribution in [0, 0.1) is 10.1 Å². The second kappa shape index (κ2) is 13.3. The molecule has 0 saturated carbocycles. The number of hydrazone groups is 1. The molecule has 0 spiro atoms. The van der Waals surface area contributed by atoms with Gasteiger partial charge in [-0.25, -0.2) is 0 Å². The van der Waals surface area contributed by atoms with Gasteiger partial charge >= 0.3 is 0 Å². The van der Waals surface area contributed by atoms with Crippen molar-refractivity contribution in [1.82, 2.24) is 0 Å². The lowest BCUT2D eigenvalue weighted by molar-refractivity contribution is -0.384. The third-order valence-electron chi connectivity index (χ3n) is 5.13. The molecule has 0 radical (unpaired) electrons. The van der Waals surface area contributed by atoms with E-state index in [2.05, 4.69) is 17.5 Å². The van der Waals surface area contributed by atoms with Crippen molar-refractivity contribution in [2.24, 2.45) is 5.10 Å². The average molecular weight is 428 g/mol. The van der Waals surface area contributed by atoms with E-state index in [1.807, 2.05) is 18.2 Å². The summed E-state index contributed by atoms with van der Waals surface area (Å²) in [6.45, 7) is 2.23. The smallest absolute Gasteiger partial charge is 0.269 e. The van der Waals surface area contributed by atoms with Gasteiger partial charge in [-0.05, 0) is 43.2 Å². The third-order valence-corrected chi connectivity index (χ3v) is 5.13. The Morgan fingerprint density at radius 2 is 1.58 bits per heavy atom. The van der Waals surface area contributed by atoms with E-state index in [1.54, 1.807) is 26.4 Å². The van der Waals surface area contributed by atoms with Crippen molar-refractivity contribution in [3.8, 4) is 11.5 Å². The van der Waals surface area contributed by atoms with Gasteiger partial charge in [-0.1, -0.05) is 45.4 Å². The van der Waals surface area contributed by atoms with Crippen LogP contribution in [0.5, 0.6) is 11.5 Å². The molecule has 0 unspecified atom stereocenters. The van der Waals surface area contributed by atoms with Gasteiger partial charge < -0.3 is 9.47 Å². The predicted molar refractivity (Wildman–Crippen MR) is 125 cm³/mol. The Labute approximate surface area is 184 Å². The van der Waals surface area contributed by atoms with Gasteiger partial charge in [0.05, 0.1) is 30.5 Å². The summed E-state index contributed by atoms with van der Waals surface area (Å²) in [5, 5.41) is 15.5. The molecule has 2 rings (SSSR count). The second-order valence-corrected chi connectivity index (χ2v) is 7.42. The number of benzene rings is 2. The minimum Gasteiger partial charge on any atom is -0.493 e. The van der Waals surface area contributed by atoms with Crippen LogP contribution in [0.1, 0.15) is 63.9 Å². The van der Waals surface area contributed by atoms with E-state index >= 15 is 0 Å². The summed E-state index contributed by atoms with van der Waals surface area (Å²) in [6.07, 6.45) is 9.39. The lowest BCUT2D eigenvalue weighted by Gasteiger charge is -2.12. The summed E-state index contributed by atoms with van der Waals surface area (Å²) < 4.78 is 10.8. The molecule has 7 heteroatoms. The molecule has 0 heterocycles. The Balaban J connectivity index is 2.11. The lowest BCUT2D eigenvalue weighted by atomic mass is 10.0. The van der Waals surface area contributed by atoms with E-state index in [1.165, 1.54) is 44.2 Å². The van der Waals surface area contributed by atoms with Crippen LogP contribution < -0.4 is 14.9 Å². The maximum absolute atomic E-state index is 10.8. The molecule has 0 fully saturated rings. The first kappa shape index (κ1) is 24.2. The molecule has 0 aliphatic heterocycles. The highest BCUT2D eigenvalue weighted by Gasteiger charge is 2.10. The number of methoxy groups -OCH3 is 2. The molecule has 2 aromatic rings. The van der Waals surface area contributed by atoms with Crippen molar-refractivity contribution in [1.29, 1.82) is 0 Å². The van der Waals surface area contributed by atoms with Gasteiger partial charge in [0.1, 0.15) is 0 Å². The second-order valence-electron chi connectivity index (χ2n) is 7.42. The first-order chi connectivity index (χ1) is 15.1. The quantitative estimate of drug-likeness (QED) is 0.159. The maximum Gasteiger partial charge on any atom is 0.269 e. The van der Waals surface area contributed by atoms with E-state index in [4.69, 9.17) is 9.47 Å². The summed E-state index contributed by atoms with van der Waals surface area (Å²) in [6, 6.07) is 12.0. The highest BCUT2D eigenvalue weighted by atomic mass is 16.6. The number of nitrogens with one attached hydrogen (secondary N) is 1. The lowest BCUT2D eigenvalue weighted by Crippen LogP contribution is -2.06. The molecule has 168 valence electrons. The van der Waals surface area contributed by atoms with Crippen LogP contribution in [0.3, 0.4) is 0 Å². The molecular weight excluding hydrogens is 394 g/mol. The molecule has 0 aliphatic rings. The van der Waals surface area contributed by atoms with Gasteiger partial charge in [0.2, 0.25) is 0 Å². The summed E-state index contributed by atoms with van der Waals surface area (Å²) in [4.78, 5) is 10.4. The van der Waals surface area contributed by atoms with Gasteiger partial charge in [-0.2, -0.15) is 5.10 Å². The summed E-state index contributed by atoms with van der Waals surface area (Å²) in [7, 11) is 3.23. The van der Waals surface area contributed by atoms with E-state index in [0.717, 1.165) is 30.5 Å². The predicted octanol–water partition coefficient (Wildman–Crippen LogP) is 6.57. The molecular formula is C24H33N3O4. The Kier molecular flexibility index (Phi) is 10.3. The molecule has 7 nitrogen and oxygen atoms in total. The summed E-state index contributed by atoms with van der Waals surface area (Å²) >= 11 is 0. The molecule has 31 heavy (non-hydrogen) atoms. The topological polar surface area (TPSA) is 86.0 Å². The van der Waals surface area contributed by atoms with Crippen molar-refractivity contribution in [2.75, 3.05) is 19.6 Å². The SMILES string of the molecule is CCCCCCCCC/C(=N/Nc1ccc([N+](=O)[O-])cc1)c1ccc(OC)c(OC)c1. The molecule has 0 bridgehead atoms. The highest BCUT2D eigenvalue weighted by molar-refractivity contribution is 6.01. The first-order valence-corrected chi connectivity index (χ1v) is 10.9. The Morgan fingerprint density at radius 1 is 0.935 bits per heavy atom. The molecule has 0 amide bonds. The third kappa shape index (κ3) is 7.92. The molecule has 0 aromatic heterocycles. The largest absolute Gasteiger partial charge is 0.493 e. The number of rotatable bonds is 14. The number of nitro benzene ring substituents is 1. The zero-order chi connectivity index (χ0) is 22.5. The van der Waals surface area contributed by atoms with Gasteiger partial charge in [0.25, 0.3) is 5.69 Å². The van der Waals surface area contributed by atoms with Crippen molar-refractivity contribution in [3.05, 3.63) is 58.1 Å². The standard InChI is InChI=1S/C24H33N3O4/c1-4-5-6-7-8-9-10-11-22(19-12-17-23(30-2)24(18-19)31-3)26-25-20-13-15-21(16-14-20)27(28)29/h12-18,25H,4-11H2,1-3H3/b26-22-. The number of unbranched alkanes of at least 4 members (excludes halogenated alkanes) is 6. The summed E-state index contributed by atoms with van der Waals surface area (Å²) in [5.74, 6) is 1.33. The Bertz CT molecular complexity index is 850. The number of nitrogens with zero attached hydrogens (tertiary/aromatic N) is 2. The number of ether oxygens (including phenoxy) is 2. The van der Waals surface area contributed by atoms with E-state index in [0.29, 0.717) is 17.2 Å². The van der Waals surface area contributed by atoms with E-state index < -0.39 is 4.92 Å². The molecule has 0 atom stereocenters. The number of non-ortho nitro benzene ring substituents is 1. The van der Waals surface area contributed by atoms with E-state index in [-0.39, 0.29) is 5.69 Å². The molecule has 0 saturated heterocycles. The monoisotopic (exact) mass is 427 g/mol. The maximum atomic E-state index is 10.8. The van der Waals surface area contributed by atoms with Crippen LogP contribution in [0.2, 0.25) is 0 Å². The Hall–Kier alpha value is -3.09. The zero-order valence-corrected chi connectivity index (χ0v) is 18.7. The fourth-order valence-electron chi connectivity index (χ4n) is 3.32. The van der Waals surface area contributed by atoms with Crippen LogP contribution >= 0.6 is 0 Å². The van der Waals surface area contributed by atoms with Gasteiger partial charge in [-0.15, -0.1) is 0 Å². The van der Waals surface area contributed by atoms with Crippen LogP contribution in [0.15, 0.2) is 47.6 Å². The average Bonchev–Trinajstić information content (AvgIpc) is 2.80.